The topological polar surface area (TPSA) is 55.6 Å². The molecular weight excluding hydrogens is 240 g/mol. The maximum absolute atomic E-state index is 12.1. The number of nitrogens with two attached hydrogens (primary N) is 1. The van der Waals surface area contributed by atoms with E-state index in [0.717, 1.165) is 19.4 Å². The second kappa shape index (κ2) is 8.54. The van der Waals surface area contributed by atoms with Crippen molar-refractivity contribution in [2.45, 2.75) is 52.1 Å². The third-order valence-electron chi connectivity index (χ3n) is 4.07. The van der Waals surface area contributed by atoms with Crippen molar-refractivity contribution in [3.63, 3.8) is 0 Å². The van der Waals surface area contributed by atoms with E-state index in [2.05, 4.69) is 0 Å². The first-order valence-corrected chi connectivity index (χ1v) is 7.58. The molecule has 4 heteroatoms. The third kappa shape index (κ3) is 6.39. The molecule has 112 valence electrons. The molecule has 1 saturated carbocycles. The number of ether oxygens (including phenoxy) is 1. The van der Waals surface area contributed by atoms with Gasteiger partial charge in [0.25, 0.3) is 0 Å². The lowest BCUT2D eigenvalue weighted by molar-refractivity contribution is -0.132. The van der Waals surface area contributed by atoms with Crippen molar-refractivity contribution in [3.05, 3.63) is 0 Å². The highest BCUT2D eigenvalue weighted by Crippen LogP contribution is 2.30. The predicted molar refractivity (Wildman–Crippen MR) is 77.8 cm³/mol. The van der Waals surface area contributed by atoms with E-state index in [-0.39, 0.29) is 12.0 Å². The minimum Gasteiger partial charge on any atom is -0.377 e. The lowest BCUT2D eigenvalue weighted by atomic mass is 9.80. The SMILES string of the molecule is CC(C)OCCN(C)C(=O)CC1CCC(CN)CC1. The highest BCUT2D eigenvalue weighted by molar-refractivity contribution is 5.76. The van der Waals surface area contributed by atoms with Crippen molar-refractivity contribution < 1.29 is 9.53 Å². The van der Waals surface area contributed by atoms with Crippen molar-refractivity contribution >= 4 is 5.91 Å². The second-order valence-corrected chi connectivity index (χ2v) is 6.06. The van der Waals surface area contributed by atoms with Gasteiger partial charge in [-0.2, -0.15) is 0 Å². The van der Waals surface area contributed by atoms with Crippen LogP contribution in [0.4, 0.5) is 0 Å². The average molecular weight is 270 g/mol. The van der Waals surface area contributed by atoms with E-state index < -0.39 is 0 Å². The zero-order chi connectivity index (χ0) is 14.3. The molecule has 0 heterocycles. The quantitative estimate of drug-likeness (QED) is 0.770. The molecule has 2 N–H and O–H groups in total. The Morgan fingerprint density at radius 1 is 1.26 bits per heavy atom. The molecule has 0 saturated heterocycles. The van der Waals surface area contributed by atoms with Crippen molar-refractivity contribution in [1.29, 1.82) is 0 Å². The van der Waals surface area contributed by atoms with Gasteiger partial charge in [-0.1, -0.05) is 0 Å². The Kier molecular flexibility index (Phi) is 7.39. The van der Waals surface area contributed by atoms with Crippen molar-refractivity contribution in [3.8, 4) is 0 Å². The largest absolute Gasteiger partial charge is 0.377 e. The molecule has 1 amide bonds. The number of hydrogen-bond acceptors (Lipinski definition) is 3. The summed E-state index contributed by atoms with van der Waals surface area (Å²) in [6.45, 7) is 6.14. The molecule has 1 rings (SSSR count). The summed E-state index contributed by atoms with van der Waals surface area (Å²) in [4.78, 5) is 13.9. The lowest BCUT2D eigenvalue weighted by Gasteiger charge is -2.28. The Bertz CT molecular complexity index is 261. The molecule has 0 radical (unpaired) electrons. The fourth-order valence-electron chi connectivity index (χ4n) is 2.62. The maximum atomic E-state index is 12.1. The molecule has 19 heavy (non-hydrogen) atoms. The number of nitrogens with zero attached hydrogens (tertiary/aromatic N) is 1. The molecule has 0 aromatic rings. The zero-order valence-electron chi connectivity index (χ0n) is 12.7. The first-order chi connectivity index (χ1) is 9.02. The average Bonchev–Trinajstić information content (AvgIpc) is 2.39. The summed E-state index contributed by atoms with van der Waals surface area (Å²) in [5.41, 5.74) is 5.69. The van der Waals surface area contributed by atoms with Crippen molar-refractivity contribution in [2.75, 3.05) is 26.7 Å². The molecule has 0 unspecified atom stereocenters. The van der Waals surface area contributed by atoms with Crippen LogP contribution in [0.1, 0.15) is 46.0 Å². The number of hydrogen-bond donors (Lipinski definition) is 1. The summed E-state index contributed by atoms with van der Waals surface area (Å²) in [6.07, 6.45) is 5.61. The Labute approximate surface area is 117 Å². The van der Waals surface area contributed by atoms with Crippen LogP contribution < -0.4 is 5.73 Å². The van der Waals surface area contributed by atoms with Gasteiger partial charge in [0.2, 0.25) is 5.91 Å². The summed E-state index contributed by atoms with van der Waals surface area (Å²) in [5, 5.41) is 0. The van der Waals surface area contributed by atoms with E-state index in [1.807, 2.05) is 20.9 Å². The number of likely N-dealkylation sites (N-methyl/N-ethyl adjacent to an activating group) is 1. The maximum Gasteiger partial charge on any atom is 0.222 e. The minimum absolute atomic E-state index is 0.232. The van der Waals surface area contributed by atoms with E-state index in [9.17, 15) is 4.79 Å². The molecule has 0 bridgehead atoms. The molecular formula is C15H30N2O2. The van der Waals surface area contributed by atoms with Gasteiger partial charge in [-0.05, 0) is 57.9 Å². The molecule has 0 atom stereocenters. The minimum atomic E-state index is 0.232. The van der Waals surface area contributed by atoms with Crippen LogP contribution in [-0.4, -0.2) is 43.7 Å². The van der Waals surface area contributed by atoms with Crippen molar-refractivity contribution in [2.24, 2.45) is 17.6 Å². The van der Waals surface area contributed by atoms with Crippen LogP contribution in [0.3, 0.4) is 0 Å². The van der Waals surface area contributed by atoms with Gasteiger partial charge in [0, 0.05) is 20.0 Å². The van der Waals surface area contributed by atoms with Gasteiger partial charge in [-0.15, -0.1) is 0 Å². The van der Waals surface area contributed by atoms with E-state index in [4.69, 9.17) is 10.5 Å². The number of rotatable bonds is 7. The molecule has 1 aliphatic carbocycles. The van der Waals surface area contributed by atoms with Gasteiger partial charge < -0.3 is 15.4 Å². The lowest BCUT2D eigenvalue weighted by Crippen LogP contribution is -2.33. The number of carbonyl (C=O) groups excluding carboxylic acids is 1. The number of carbonyl (C=O) groups is 1. The molecule has 0 aliphatic heterocycles. The standard InChI is InChI=1S/C15H30N2O2/c1-12(2)19-9-8-17(3)15(18)10-13-4-6-14(11-16)7-5-13/h12-14H,4-11,16H2,1-3H3. The molecule has 4 nitrogen and oxygen atoms in total. The summed E-state index contributed by atoms with van der Waals surface area (Å²) in [5.74, 6) is 1.50. The van der Waals surface area contributed by atoms with E-state index in [1.54, 1.807) is 4.90 Å². The van der Waals surface area contributed by atoms with E-state index in [0.29, 0.717) is 31.4 Å². The molecule has 1 aliphatic rings. The smallest absolute Gasteiger partial charge is 0.222 e. The highest BCUT2D eigenvalue weighted by Gasteiger charge is 2.23. The van der Waals surface area contributed by atoms with Gasteiger partial charge in [-0.25, -0.2) is 0 Å². The Morgan fingerprint density at radius 3 is 2.37 bits per heavy atom. The Balaban J connectivity index is 2.19. The van der Waals surface area contributed by atoms with Gasteiger partial charge >= 0.3 is 0 Å². The summed E-state index contributed by atoms with van der Waals surface area (Å²) in [7, 11) is 1.87. The van der Waals surface area contributed by atoms with E-state index >= 15 is 0 Å². The van der Waals surface area contributed by atoms with Crippen LogP contribution in [0, 0.1) is 11.8 Å². The molecule has 1 fully saturated rings. The molecule has 0 aromatic carbocycles. The van der Waals surface area contributed by atoms with Gasteiger partial charge in [0.05, 0.1) is 12.7 Å². The van der Waals surface area contributed by atoms with Gasteiger partial charge in [0.15, 0.2) is 0 Å². The number of amides is 1. The fourth-order valence-corrected chi connectivity index (χ4v) is 2.62. The Hall–Kier alpha value is -0.610. The molecule has 0 aromatic heterocycles. The van der Waals surface area contributed by atoms with Crippen LogP contribution in [0.25, 0.3) is 0 Å². The zero-order valence-corrected chi connectivity index (χ0v) is 12.7. The van der Waals surface area contributed by atoms with Crippen LogP contribution >= 0.6 is 0 Å². The van der Waals surface area contributed by atoms with Crippen molar-refractivity contribution in [1.82, 2.24) is 4.90 Å². The summed E-state index contributed by atoms with van der Waals surface area (Å²) >= 11 is 0. The monoisotopic (exact) mass is 270 g/mol. The normalized spacial score (nSPS) is 23.6. The van der Waals surface area contributed by atoms with Crippen LogP contribution in [-0.2, 0) is 9.53 Å². The van der Waals surface area contributed by atoms with Gasteiger partial charge in [0.1, 0.15) is 0 Å². The Morgan fingerprint density at radius 2 is 1.84 bits per heavy atom. The third-order valence-corrected chi connectivity index (χ3v) is 4.07. The summed E-state index contributed by atoms with van der Waals surface area (Å²) in [6, 6.07) is 0. The predicted octanol–water partition coefficient (Wildman–Crippen LogP) is 2.02. The van der Waals surface area contributed by atoms with Crippen LogP contribution in [0.5, 0.6) is 0 Å². The first kappa shape index (κ1) is 16.4. The first-order valence-electron chi connectivity index (χ1n) is 7.58. The highest BCUT2D eigenvalue weighted by atomic mass is 16.5. The summed E-state index contributed by atoms with van der Waals surface area (Å²) < 4.78 is 5.47. The fraction of sp³-hybridized carbons (Fsp3) is 0.933. The second-order valence-electron chi connectivity index (χ2n) is 6.06. The van der Waals surface area contributed by atoms with Gasteiger partial charge in [-0.3, -0.25) is 4.79 Å². The molecule has 0 spiro atoms. The van der Waals surface area contributed by atoms with Crippen LogP contribution in [0.2, 0.25) is 0 Å². The van der Waals surface area contributed by atoms with Crippen LogP contribution in [0.15, 0.2) is 0 Å². The van der Waals surface area contributed by atoms with E-state index in [1.165, 1.54) is 12.8 Å².